The van der Waals surface area contributed by atoms with Crippen LogP contribution < -0.4 is 10.6 Å². The first-order valence-corrected chi connectivity index (χ1v) is 6.70. The highest BCUT2D eigenvalue weighted by atomic mass is 16.6. The Hall–Kier alpha value is -1.63. The standard InChI is InChI=1S/C12H21N5O2/c1-3-9-4-5-16(10(6-9)7-13)12-11(17(18)19)14-8-15(12)2/h8-10H,3-7,13H2,1-2H3. The van der Waals surface area contributed by atoms with Gasteiger partial charge in [-0.15, -0.1) is 0 Å². The van der Waals surface area contributed by atoms with Crippen molar-refractivity contribution in [2.45, 2.75) is 32.2 Å². The second-order valence-electron chi connectivity index (χ2n) is 5.14. The number of rotatable bonds is 4. The number of aryl methyl sites for hydroxylation is 1. The Morgan fingerprint density at radius 1 is 1.63 bits per heavy atom. The van der Waals surface area contributed by atoms with Crippen molar-refractivity contribution in [2.24, 2.45) is 18.7 Å². The topological polar surface area (TPSA) is 90.2 Å². The second-order valence-corrected chi connectivity index (χ2v) is 5.14. The molecule has 0 saturated carbocycles. The highest BCUT2D eigenvalue weighted by Gasteiger charge is 2.33. The molecule has 0 amide bonds. The number of nitrogens with two attached hydrogens (primary N) is 1. The molecule has 2 rings (SSSR count). The van der Waals surface area contributed by atoms with Gasteiger partial charge in [0.2, 0.25) is 12.1 Å². The number of hydrogen-bond acceptors (Lipinski definition) is 5. The van der Waals surface area contributed by atoms with Crippen molar-refractivity contribution in [1.82, 2.24) is 9.55 Å². The average molecular weight is 267 g/mol. The van der Waals surface area contributed by atoms with E-state index in [4.69, 9.17) is 5.73 Å². The fourth-order valence-electron chi connectivity index (χ4n) is 2.88. The summed E-state index contributed by atoms with van der Waals surface area (Å²) in [5.41, 5.74) is 5.85. The van der Waals surface area contributed by atoms with Crippen molar-refractivity contribution in [3.63, 3.8) is 0 Å². The van der Waals surface area contributed by atoms with Crippen LogP contribution in [-0.2, 0) is 7.05 Å². The summed E-state index contributed by atoms with van der Waals surface area (Å²) in [6.07, 6.45) is 4.68. The number of nitro groups is 1. The summed E-state index contributed by atoms with van der Waals surface area (Å²) < 4.78 is 1.72. The quantitative estimate of drug-likeness (QED) is 0.655. The van der Waals surface area contributed by atoms with E-state index in [2.05, 4.69) is 16.8 Å². The molecule has 2 atom stereocenters. The van der Waals surface area contributed by atoms with Gasteiger partial charge in [-0.3, -0.25) is 4.57 Å². The smallest absolute Gasteiger partial charge is 0.358 e. The van der Waals surface area contributed by atoms with Gasteiger partial charge in [0, 0.05) is 26.2 Å². The zero-order chi connectivity index (χ0) is 14.0. The highest BCUT2D eigenvalue weighted by Crippen LogP contribution is 2.33. The van der Waals surface area contributed by atoms with Crippen molar-refractivity contribution in [3.8, 4) is 0 Å². The van der Waals surface area contributed by atoms with E-state index in [1.807, 2.05) is 0 Å². The van der Waals surface area contributed by atoms with Crippen LogP contribution in [0.3, 0.4) is 0 Å². The number of hydrogen-bond donors (Lipinski definition) is 1. The fraction of sp³-hybridized carbons (Fsp3) is 0.750. The lowest BCUT2D eigenvalue weighted by Gasteiger charge is -2.39. The molecule has 7 nitrogen and oxygen atoms in total. The molecule has 1 aromatic rings. The van der Waals surface area contributed by atoms with Crippen molar-refractivity contribution in [1.29, 1.82) is 0 Å². The van der Waals surface area contributed by atoms with E-state index < -0.39 is 4.92 Å². The number of nitrogens with zero attached hydrogens (tertiary/aromatic N) is 4. The van der Waals surface area contributed by atoms with Crippen molar-refractivity contribution < 1.29 is 4.92 Å². The van der Waals surface area contributed by atoms with E-state index in [0.717, 1.165) is 25.8 Å². The first-order valence-electron chi connectivity index (χ1n) is 6.70. The minimum Gasteiger partial charge on any atom is -0.358 e. The van der Waals surface area contributed by atoms with Gasteiger partial charge in [-0.1, -0.05) is 13.3 Å². The zero-order valence-electron chi connectivity index (χ0n) is 11.5. The monoisotopic (exact) mass is 267 g/mol. The van der Waals surface area contributed by atoms with Crippen LogP contribution in [0.4, 0.5) is 11.6 Å². The van der Waals surface area contributed by atoms with Crippen LogP contribution in [0.5, 0.6) is 0 Å². The summed E-state index contributed by atoms with van der Waals surface area (Å²) in [5.74, 6) is 1.17. The van der Waals surface area contributed by atoms with Crippen LogP contribution in [0, 0.1) is 16.0 Å². The van der Waals surface area contributed by atoms with Gasteiger partial charge in [-0.2, -0.15) is 0 Å². The Kier molecular flexibility index (Phi) is 4.04. The first kappa shape index (κ1) is 13.8. The predicted octanol–water partition coefficient (Wildman–Crippen LogP) is 1.28. The molecule has 1 saturated heterocycles. The van der Waals surface area contributed by atoms with Gasteiger partial charge < -0.3 is 20.7 Å². The van der Waals surface area contributed by atoms with Gasteiger partial charge in [-0.05, 0) is 28.7 Å². The molecule has 1 aliphatic heterocycles. The second kappa shape index (κ2) is 5.56. The third kappa shape index (κ3) is 2.56. The minimum absolute atomic E-state index is 0.0732. The van der Waals surface area contributed by atoms with Gasteiger partial charge in [0.15, 0.2) is 0 Å². The molecule has 2 heterocycles. The maximum atomic E-state index is 11.1. The maximum Gasteiger partial charge on any atom is 0.406 e. The summed E-state index contributed by atoms with van der Waals surface area (Å²) in [7, 11) is 1.79. The normalized spacial score (nSPS) is 23.6. The summed E-state index contributed by atoms with van der Waals surface area (Å²) in [6, 6.07) is 0.160. The molecule has 7 heteroatoms. The third-order valence-electron chi connectivity index (χ3n) is 4.01. The van der Waals surface area contributed by atoms with Crippen LogP contribution >= 0.6 is 0 Å². The molecule has 0 spiro atoms. The number of imidazole rings is 1. The summed E-state index contributed by atoms with van der Waals surface area (Å²) >= 11 is 0. The highest BCUT2D eigenvalue weighted by molar-refractivity contribution is 5.55. The van der Waals surface area contributed by atoms with Gasteiger partial charge in [-0.25, -0.2) is 0 Å². The summed E-state index contributed by atoms with van der Waals surface area (Å²) in [5, 5.41) is 11.1. The molecule has 0 radical (unpaired) electrons. The van der Waals surface area contributed by atoms with E-state index in [0.29, 0.717) is 18.3 Å². The first-order chi connectivity index (χ1) is 9.08. The van der Waals surface area contributed by atoms with E-state index >= 15 is 0 Å². The van der Waals surface area contributed by atoms with Gasteiger partial charge in [0.25, 0.3) is 0 Å². The molecule has 0 aliphatic carbocycles. The molecule has 1 aliphatic rings. The Bertz CT molecular complexity index is 459. The molecule has 0 aromatic carbocycles. The molecule has 2 N–H and O–H groups in total. The largest absolute Gasteiger partial charge is 0.406 e. The molecule has 106 valence electrons. The Morgan fingerprint density at radius 2 is 2.37 bits per heavy atom. The number of aromatic nitrogens is 2. The van der Waals surface area contributed by atoms with Crippen LogP contribution in [0.1, 0.15) is 26.2 Å². The molecule has 2 unspecified atom stereocenters. The fourth-order valence-corrected chi connectivity index (χ4v) is 2.88. The van der Waals surface area contributed by atoms with E-state index in [-0.39, 0.29) is 11.9 Å². The lowest BCUT2D eigenvalue weighted by Crippen LogP contribution is -2.47. The molecule has 1 fully saturated rings. The van der Waals surface area contributed by atoms with Gasteiger partial charge in [0.05, 0.1) is 0 Å². The number of piperidine rings is 1. The number of anilines is 1. The Morgan fingerprint density at radius 3 is 2.95 bits per heavy atom. The van der Waals surface area contributed by atoms with E-state index in [1.54, 1.807) is 11.6 Å². The van der Waals surface area contributed by atoms with Gasteiger partial charge in [0.1, 0.15) is 0 Å². The molecule has 1 aromatic heterocycles. The van der Waals surface area contributed by atoms with Crippen molar-refractivity contribution in [3.05, 3.63) is 16.4 Å². The van der Waals surface area contributed by atoms with Crippen LogP contribution in [0.25, 0.3) is 0 Å². The van der Waals surface area contributed by atoms with E-state index in [1.165, 1.54) is 6.33 Å². The maximum absolute atomic E-state index is 11.1. The third-order valence-corrected chi connectivity index (χ3v) is 4.01. The van der Waals surface area contributed by atoms with Crippen LogP contribution in [0.15, 0.2) is 6.33 Å². The summed E-state index contributed by atoms with van der Waals surface area (Å²) in [4.78, 5) is 16.6. The van der Waals surface area contributed by atoms with E-state index in [9.17, 15) is 10.1 Å². The van der Waals surface area contributed by atoms with Crippen molar-refractivity contribution in [2.75, 3.05) is 18.0 Å². The minimum atomic E-state index is -0.422. The van der Waals surface area contributed by atoms with Crippen LogP contribution in [0.2, 0.25) is 0 Å². The molecule has 0 bridgehead atoms. The molecule has 19 heavy (non-hydrogen) atoms. The summed E-state index contributed by atoms with van der Waals surface area (Å²) in [6.45, 7) is 3.50. The SMILES string of the molecule is CCC1CCN(c2c([N+](=O)[O-])ncn2C)C(CN)C1. The van der Waals surface area contributed by atoms with Gasteiger partial charge >= 0.3 is 5.82 Å². The lowest BCUT2D eigenvalue weighted by atomic mass is 9.89. The predicted molar refractivity (Wildman–Crippen MR) is 73.1 cm³/mol. The Labute approximate surface area is 112 Å². The molecular formula is C12H21N5O2. The lowest BCUT2D eigenvalue weighted by molar-refractivity contribution is -0.388. The van der Waals surface area contributed by atoms with Crippen molar-refractivity contribution >= 4 is 11.6 Å². The molecular weight excluding hydrogens is 246 g/mol. The zero-order valence-corrected chi connectivity index (χ0v) is 11.5. The average Bonchev–Trinajstić information content (AvgIpc) is 2.80. The Balaban J connectivity index is 2.30. The van der Waals surface area contributed by atoms with Crippen LogP contribution in [-0.4, -0.2) is 33.6 Å².